The third-order valence-corrected chi connectivity index (χ3v) is 6.02. The zero-order valence-electron chi connectivity index (χ0n) is 11.5. The molecule has 114 valence electrons. The molecule has 0 unspecified atom stereocenters. The lowest BCUT2D eigenvalue weighted by atomic mass is 10.2. The van der Waals surface area contributed by atoms with Gasteiger partial charge in [0.05, 0.1) is 4.90 Å². The van der Waals surface area contributed by atoms with Gasteiger partial charge in [-0.25, -0.2) is 8.42 Å². The van der Waals surface area contributed by atoms with E-state index in [1.54, 1.807) is 12.1 Å². The molecule has 1 N–H and O–H groups in total. The highest BCUT2D eigenvalue weighted by molar-refractivity contribution is 7.89. The minimum absolute atomic E-state index is 0.174. The predicted octanol–water partition coefficient (Wildman–Crippen LogP) is 1.77. The quantitative estimate of drug-likeness (QED) is 0.916. The number of hydrogen-bond acceptors (Lipinski definition) is 3. The van der Waals surface area contributed by atoms with Crippen molar-refractivity contribution in [2.24, 2.45) is 0 Å². The molecule has 7 heteroatoms. The first-order valence-electron chi connectivity index (χ1n) is 7.06. The van der Waals surface area contributed by atoms with Gasteiger partial charge in [0.2, 0.25) is 15.9 Å². The molecule has 0 aromatic heterocycles. The van der Waals surface area contributed by atoms with Crippen LogP contribution in [-0.2, 0) is 14.8 Å². The maximum absolute atomic E-state index is 12.7. The van der Waals surface area contributed by atoms with Crippen LogP contribution in [-0.4, -0.2) is 37.3 Å². The van der Waals surface area contributed by atoms with Gasteiger partial charge < -0.3 is 5.32 Å². The largest absolute Gasteiger partial charge is 0.352 e. The Morgan fingerprint density at radius 3 is 2.48 bits per heavy atom. The lowest BCUT2D eigenvalue weighted by Gasteiger charge is -2.23. The van der Waals surface area contributed by atoms with E-state index in [4.69, 9.17) is 11.6 Å². The summed E-state index contributed by atoms with van der Waals surface area (Å²) in [6, 6.07) is 5.69. The standard InChI is InChI=1S/C14H17ClN2O3S/c15-10-3-7-12(8-4-10)21(19,20)17-9-1-2-13(17)14(18)16-11-5-6-11/h3-4,7-8,11,13H,1-2,5-6,9H2,(H,16,18)/t13-/m1/s1. The Labute approximate surface area is 129 Å². The second kappa shape index (κ2) is 5.59. The number of carbonyl (C=O) groups is 1. The van der Waals surface area contributed by atoms with Gasteiger partial charge in [0.1, 0.15) is 6.04 Å². The van der Waals surface area contributed by atoms with E-state index >= 15 is 0 Å². The van der Waals surface area contributed by atoms with Crippen molar-refractivity contribution >= 4 is 27.5 Å². The maximum Gasteiger partial charge on any atom is 0.243 e. The zero-order valence-corrected chi connectivity index (χ0v) is 13.0. The normalized spacial score (nSPS) is 23.2. The van der Waals surface area contributed by atoms with Crippen LogP contribution in [0.3, 0.4) is 0 Å². The first-order valence-corrected chi connectivity index (χ1v) is 8.88. The predicted molar refractivity (Wildman–Crippen MR) is 79.5 cm³/mol. The van der Waals surface area contributed by atoms with Crippen LogP contribution in [0.1, 0.15) is 25.7 Å². The first kappa shape index (κ1) is 14.8. The van der Waals surface area contributed by atoms with Crippen molar-refractivity contribution in [3.05, 3.63) is 29.3 Å². The zero-order chi connectivity index (χ0) is 15.0. The molecule has 0 bridgehead atoms. The molecule has 1 aromatic rings. The van der Waals surface area contributed by atoms with Crippen LogP contribution in [0, 0.1) is 0 Å². The molecule has 1 aromatic carbocycles. The average molecular weight is 329 g/mol. The summed E-state index contributed by atoms with van der Waals surface area (Å²) < 4.78 is 26.6. The molecule has 1 atom stereocenters. The lowest BCUT2D eigenvalue weighted by molar-refractivity contribution is -0.124. The number of nitrogens with zero attached hydrogens (tertiary/aromatic N) is 1. The van der Waals surface area contributed by atoms with Gasteiger partial charge in [-0.1, -0.05) is 11.6 Å². The Balaban J connectivity index is 1.82. The smallest absolute Gasteiger partial charge is 0.243 e. The van der Waals surface area contributed by atoms with Crippen LogP contribution in [0.4, 0.5) is 0 Å². The van der Waals surface area contributed by atoms with Gasteiger partial charge >= 0.3 is 0 Å². The molecule has 0 radical (unpaired) electrons. The molecule has 3 rings (SSSR count). The SMILES string of the molecule is O=C(NC1CC1)[C@H]1CCCN1S(=O)(=O)c1ccc(Cl)cc1. The van der Waals surface area contributed by atoms with Gasteiger partial charge in [0, 0.05) is 17.6 Å². The Bertz CT molecular complexity index is 641. The highest BCUT2D eigenvalue weighted by Crippen LogP contribution is 2.28. The van der Waals surface area contributed by atoms with Gasteiger partial charge in [0.25, 0.3) is 0 Å². The number of nitrogens with one attached hydrogen (secondary N) is 1. The topological polar surface area (TPSA) is 66.5 Å². The van der Waals surface area contributed by atoms with Crippen molar-refractivity contribution in [3.63, 3.8) is 0 Å². The highest BCUT2D eigenvalue weighted by atomic mass is 35.5. The molecular formula is C14H17ClN2O3S. The van der Waals surface area contributed by atoms with Gasteiger partial charge in [-0.15, -0.1) is 0 Å². The van der Waals surface area contributed by atoms with Crippen LogP contribution in [0.2, 0.25) is 5.02 Å². The van der Waals surface area contributed by atoms with Crippen LogP contribution in [0.25, 0.3) is 0 Å². The average Bonchev–Trinajstić information content (AvgIpc) is 3.11. The molecule has 1 aliphatic heterocycles. The summed E-state index contributed by atoms with van der Waals surface area (Å²) in [5.41, 5.74) is 0. The van der Waals surface area contributed by atoms with Crippen LogP contribution in [0.15, 0.2) is 29.2 Å². The van der Waals surface area contributed by atoms with E-state index in [9.17, 15) is 13.2 Å². The number of hydrogen-bond donors (Lipinski definition) is 1. The number of sulfonamides is 1. The van der Waals surface area contributed by atoms with E-state index in [1.807, 2.05) is 0 Å². The fourth-order valence-corrected chi connectivity index (χ4v) is 4.34. The van der Waals surface area contributed by atoms with E-state index in [0.717, 1.165) is 12.8 Å². The van der Waals surface area contributed by atoms with Crippen molar-refractivity contribution in [2.45, 2.75) is 42.7 Å². The van der Waals surface area contributed by atoms with Gasteiger partial charge in [-0.05, 0) is 49.9 Å². The van der Waals surface area contributed by atoms with E-state index in [-0.39, 0.29) is 16.8 Å². The van der Waals surface area contributed by atoms with Crippen molar-refractivity contribution in [1.29, 1.82) is 0 Å². The van der Waals surface area contributed by atoms with Crippen molar-refractivity contribution in [3.8, 4) is 0 Å². The molecule has 2 aliphatic rings. The van der Waals surface area contributed by atoms with E-state index in [1.165, 1.54) is 16.4 Å². The third kappa shape index (κ3) is 3.07. The van der Waals surface area contributed by atoms with Gasteiger partial charge in [-0.3, -0.25) is 4.79 Å². The molecule has 0 spiro atoms. The second-order valence-corrected chi connectivity index (χ2v) is 7.84. The molecule has 21 heavy (non-hydrogen) atoms. The summed E-state index contributed by atoms with van der Waals surface area (Å²) in [7, 11) is -3.65. The second-order valence-electron chi connectivity index (χ2n) is 5.51. The maximum atomic E-state index is 12.7. The summed E-state index contributed by atoms with van der Waals surface area (Å²) >= 11 is 5.79. The summed E-state index contributed by atoms with van der Waals surface area (Å²) in [5, 5.41) is 3.38. The van der Waals surface area contributed by atoms with Crippen LogP contribution in [0.5, 0.6) is 0 Å². The molecule has 1 saturated heterocycles. The number of rotatable bonds is 4. The number of amides is 1. The number of halogens is 1. The van der Waals surface area contributed by atoms with Crippen molar-refractivity contribution < 1.29 is 13.2 Å². The monoisotopic (exact) mass is 328 g/mol. The lowest BCUT2D eigenvalue weighted by Crippen LogP contribution is -2.46. The molecule has 2 fully saturated rings. The van der Waals surface area contributed by atoms with Crippen molar-refractivity contribution in [2.75, 3.05) is 6.54 Å². The van der Waals surface area contributed by atoms with Crippen LogP contribution < -0.4 is 5.32 Å². The van der Waals surface area contributed by atoms with Gasteiger partial charge in [0.15, 0.2) is 0 Å². The van der Waals surface area contributed by atoms with Gasteiger partial charge in [-0.2, -0.15) is 4.31 Å². The molecular weight excluding hydrogens is 312 g/mol. The van der Waals surface area contributed by atoms with E-state index < -0.39 is 16.1 Å². The fraction of sp³-hybridized carbons (Fsp3) is 0.500. The van der Waals surface area contributed by atoms with E-state index in [0.29, 0.717) is 24.4 Å². The highest BCUT2D eigenvalue weighted by Gasteiger charge is 2.40. The Morgan fingerprint density at radius 2 is 1.86 bits per heavy atom. The number of benzene rings is 1. The molecule has 5 nitrogen and oxygen atoms in total. The summed E-state index contributed by atoms with van der Waals surface area (Å²) in [4.78, 5) is 12.4. The Morgan fingerprint density at radius 1 is 1.19 bits per heavy atom. The first-order chi connectivity index (χ1) is 9.98. The molecule has 1 saturated carbocycles. The minimum atomic E-state index is -3.65. The van der Waals surface area contributed by atoms with Crippen molar-refractivity contribution in [1.82, 2.24) is 9.62 Å². The Kier molecular flexibility index (Phi) is 3.94. The minimum Gasteiger partial charge on any atom is -0.352 e. The summed E-state index contributed by atoms with van der Waals surface area (Å²) in [5.74, 6) is -0.174. The van der Waals surface area contributed by atoms with Crippen LogP contribution >= 0.6 is 11.6 Å². The fourth-order valence-electron chi connectivity index (χ4n) is 2.56. The summed E-state index contributed by atoms with van der Waals surface area (Å²) in [6.45, 7) is 0.383. The third-order valence-electron chi connectivity index (χ3n) is 3.85. The molecule has 1 amide bonds. The Hall–Kier alpha value is -1.11. The molecule has 1 aliphatic carbocycles. The molecule has 1 heterocycles. The number of carbonyl (C=O) groups excluding carboxylic acids is 1. The summed E-state index contributed by atoms with van der Waals surface area (Å²) in [6.07, 6.45) is 3.26. The van der Waals surface area contributed by atoms with E-state index in [2.05, 4.69) is 5.32 Å².